The first kappa shape index (κ1) is 14.3. The van der Waals surface area contributed by atoms with Crippen molar-refractivity contribution in [3.05, 3.63) is 42.2 Å². The topological polar surface area (TPSA) is 93.5 Å². The van der Waals surface area contributed by atoms with Crippen LogP contribution in [-0.4, -0.2) is 40.0 Å². The summed E-state index contributed by atoms with van der Waals surface area (Å²) in [6.45, 7) is 1.07. The van der Waals surface area contributed by atoms with E-state index in [1.807, 2.05) is 0 Å². The summed E-state index contributed by atoms with van der Waals surface area (Å²) in [6, 6.07) is 6.33. The van der Waals surface area contributed by atoms with Crippen LogP contribution < -0.4 is 5.32 Å². The van der Waals surface area contributed by atoms with Crippen LogP contribution in [0.2, 0.25) is 0 Å². The molecule has 2 heterocycles. The maximum Gasteiger partial charge on any atom is 0.335 e. The van der Waals surface area contributed by atoms with Crippen LogP contribution in [0.5, 0.6) is 0 Å². The second kappa shape index (κ2) is 5.98. The van der Waals surface area contributed by atoms with Gasteiger partial charge in [0.15, 0.2) is 0 Å². The molecule has 1 aromatic heterocycles. The van der Waals surface area contributed by atoms with Gasteiger partial charge in [-0.05, 0) is 30.7 Å². The third kappa shape index (κ3) is 2.99. The molecule has 0 radical (unpaired) electrons. The maximum absolute atomic E-state index is 12.0. The zero-order valence-corrected chi connectivity index (χ0v) is 11.7. The van der Waals surface area contributed by atoms with Crippen molar-refractivity contribution in [2.45, 2.75) is 6.42 Å². The molecule has 1 fully saturated rings. The van der Waals surface area contributed by atoms with Gasteiger partial charge >= 0.3 is 5.97 Å². The molecule has 7 nitrogen and oxygen atoms in total. The van der Waals surface area contributed by atoms with Crippen LogP contribution in [0.4, 0.5) is 5.69 Å². The van der Waals surface area contributed by atoms with E-state index in [2.05, 4.69) is 10.4 Å². The molecule has 1 aliphatic heterocycles. The first-order chi connectivity index (χ1) is 10.6. The number of nitrogens with one attached hydrogen (secondary N) is 1. The highest BCUT2D eigenvalue weighted by Gasteiger charge is 2.23. The van der Waals surface area contributed by atoms with Gasteiger partial charge in [-0.15, -0.1) is 0 Å². The molecule has 1 unspecified atom stereocenters. The molecule has 1 saturated heterocycles. The highest BCUT2D eigenvalue weighted by molar-refractivity contribution is 5.92. The molecule has 114 valence electrons. The molecule has 1 atom stereocenters. The number of hydrogen-bond acceptors (Lipinski definition) is 4. The zero-order chi connectivity index (χ0) is 15.5. The molecule has 0 aliphatic carbocycles. The number of anilines is 1. The fourth-order valence-electron chi connectivity index (χ4n) is 2.27. The molecule has 22 heavy (non-hydrogen) atoms. The van der Waals surface area contributed by atoms with Crippen molar-refractivity contribution in [2.75, 3.05) is 18.5 Å². The van der Waals surface area contributed by atoms with E-state index in [-0.39, 0.29) is 17.4 Å². The Hall–Kier alpha value is -2.67. The van der Waals surface area contributed by atoms with Crippen LogP contribution >= 0.6 is 0 Å². The van der Waals surface area contributed by atoms with Gasteiger partial charge in [0.05, 0.1) is 41.9 Å². The van der Waals surface area contributed by atoms with Gasteiger partial charge in [0, 0.05) is 6.61 Å². The molecule has 1 aromatic carbocycles. The third-order valence-electron chi connectivity index (χ3n) is 3.53. The summed E-state index contributed by atoms with van der Waals surface area (Å²) in [5, 5.41) is 15.8. The van der Waals surface area contributed by atoms with E-state index in [1.165, 1.54) is 12.1 Å². The Morgan fingerprint density at radius 3 is 2.73 bits per heavy atom. The Kier molecular flexibility index (Phi) is 3.88. The Labute approximate surface area is 126 Å². The first-order valence-electron chi connectivity index (χ1n) is 6.90. The highest BCUT2D eigenvalue weighted by atomic mass is 16.5. The van der Waals surface area contributed by atoms with Gasteiger partial charge in [-0.25, -0.2) is 9.48 Å². The second-order valence-electron chi connectivity index (χ2n) is 5.08. The molecule has 2 aromatic rings. The van der Waals surface area contributed by atoms with Crippen molar-refractivity contribution in [3.63, 3.8) is 0 Å². The van der Waals surface area contributed by atoms with Crippen molar-refractivity contribution in [3.8, 4) is 5.69 Å². The Morgan fingerprint density at radius 1 is 1.32 bits per heavy atom. The number of aromatic carboxylic acids is 1. The zero-order valence-electron chi connectivity index (χ0n) is 11.7. The molecule has 0 saturated carbocycles. The third-order valence-corrected chi connectivity index (χ3v) is 3.53. The highest BCUT2D eigenvalue weighted by Crippen LogP contribution is 2.17. The number of rotatable bonds is 4. The minimum atomic E-state index is -0.973. The molecule has 1 aliphatic rings. The number of hydrogen-bond donors (Lipinski definition) is 2. The minimum Gasteiger partial charge on any atom is -0.478 e. The molecule has 3 rings (SSSR count). The van der Waals surface area contributed by atoms with Gasteiger partial charge in [-0.2, -0.15) is 5.10 Å². The standard InChI is InChI=1S/C15H15N3O4/c19-14(11-5-6-22-9-11)17-12-7-16-18(8-12)13-3-1-10(2-4-13)15(20)21/h1-4,7-8,11H,5-6,9H2,(H,17,19)(H,20,21). The summed E-state index contributed by atoms with van der Waals surface area (Å²) in [6.07, 6.45) is 3.97. The number of carbonyl (C=O) groups excluding carboxylic acids is 1. The lowest BCUT2D eigenvalue weighted by Crippen LogP contribution is -2.22. The summed E-state index contributed by atoms with van der Waals surface area (Å²) in [5.74, 6) is -1.16. The summed E-state index contributed by atoms with van der Waals surface area (Å²) in [7, 11) is 0. The van der Waals surface area contributed by atoms with Gasteiger partial charge in [-0.1, -0.05) is 0 Å². The van der Waals surface area contributed by atoms with Crippen LogP contribution in [0.3, 0.4) is 0 Å². The van der Waals surface area contributed by atoms with Crippen LogP contribution in [0.1, 0.15) is 16.8 Å². The molecule has 7 heteroatoms. The monoisotopic (exact) mass is 301 g/mol. The number of carboxylic acids is 1. The van der Waals surface area contributed by atoms with E-state index in [4.69, 9.17) is 9.84 Å². The molecule has 2 N–H and O–H groups in total. The molecule has 0 spiro atoms. The molecule has 1 amide bonds. The Balaban J connectivity index is 1.70. The lowest BCUT2D eigenvalue weighted by molar-refractivity contribution is -0.119. The number of carboxylic acid groups (broad SMARTS) is 1. The van der Waals surface area contributed by atoms with E-state index >= 15 is 0 Å². The maximum atomic E-state index is 12.0. The van der Waals surface area contributed by atoms with E-state index in [0.717, 1.165) is 12.1 Å². The summed E-state index contributed by atoms with van der Waals surface area (Å²) >= 11 is 0. The van der Waals surface area contributed by atoms with Crippen LogP contribution in [-0.2, 0) is 9.53 Å². The van der Waals surface area contributed by atoms with Crippen molar-refractivity contribution < 1.29 is 19.4 Å². The Bertz CT molecular complexity index is 687. The van der Waals surface area contributed by atoms with Gasteiger partial charge in [0.1, 0.15) is 0 Å². The average Bonchev–Trinajstić information content (AvgIpc) is 3.19. The van der Waals surface area contributed by atoms with Crippen LogP contribution in [0.15, 0.2) is 36.7 Å². The average molecular weight is 301 g/mol. The van der Waals surface area contributed by atoms with Crippen molar-refractivity contribution in [1.82, 2.24) is 9.78 Å². The largest absolute Gasteiger partial charge is 0.478 e. The first-order valence-corrected chi connectivity index (χ1v) is 6.90. The lowest BCUT2D eigenvalue weighted by atomic mass is 10.1. The number of carbonyl (C=O) groups is 2. The van der Waals surface area contributed by atoms with E-state index < -0.39 is 5.97 Å². The van der Waals surface area contributed by atoms with Gasteiger partial charge in [0.2, 0.25) is 5.91 Å². The van der Waals surface area contributed by atoms with Crippen LogP contribution in [0.25, 0.3) is 5.69 Å². The fourth-order valence-corrected chi connectivity index (χ4v) is 2.27. The number of benzene rings is 1. The summed E-state index contributed by atoms with van der Waals surface area (Å²) in [4.78, 5) is 22.8. The molecular weight excluding hydrogens is 286 g/mol. The summed E-state index contributed by atoms with van der Waals surface area (Å²) in [5.41, 5.74) is 1.53. The smallest absolute Gasteiger partial charge is 0.335 e. The Morgan fingerprint density at radius 2 is 2.09 bits per heavy atom. The van der Waals surface area contributed by atoms with Crippen molar-refractivity contribution in [2.24, 2.45) is 5.92 Å². The van der Waals surface area contributed by atoms with Gasteiger partial charge < -0.3 is 15.2 Å². The second-order valence-corrected chi connectivity index (χ2v) is 5.08. The van der Waals surface area contributed by atoms with Gasteiger partial charge in [-0.3, -0.25) is 4.79 Å². The number of ether oxygens (including phenoxy) is 1. The molecule has 0 bridgehead atoms. The lowest BCUT2D eigenvalue weighted by Gasteiger charge is -2.06. The normalized spacial score (nSPS) is 17.4. The van der Waals surface area contributed by atoms with Crippen molar-refractivity contribution >= 4 is 17.6 Å². The number of amides is 1. The number of nitrogens with zero attached hydrogens (tertiary/aromatic N) is 2. The quantitative estimate of drug-likeness (QED) is 0.893. The SMILES string of the molecule is O=C(O)c1ccc(-n2cc(NC(=O)C3CCOC3)cn2)cc1. The minimum absolute atomic E-state index is 0.0710. The predicted molar refractivity (Wildman–Crippen MR) is 78.1 cm³/mol. The fraction of sp³-hybridized carbons (Fsp3) is 0.267. The van der Waals surface area contributed by atoms with E-state index in [9.17, 15) is 9.59 Å². The predicted octanol–water partition coefficient (Wildman–Crippen LogP) is 1.55. The van der Waals surface area contributed by atoms with E-state index in [0.29, 0.717) is 18.9 Å². The number of aromatic nitrogens is 2. The summed E-state index contributed by atoms with van der Waals surface area (Å²) < 4.78 is 6.77. The van der Waals surface area contributed by atoms with E-state index in [1.54, 1.807) is 29.2 Å². The van der Waals surface area contributed by atoms with Crippen LogP contribution in [0, 0.1) is 5.92 Å². The van der Waals surface area contributed by atoms with Gasteiger partial charge in [0.25, 0.3) is 0 Å². The molecular formula is C15H15N3O4. The van der Waals surface area contributed by atoms with Crippen molar-refractivity contribution in [1.29, 1.82) is 0 Å².